The number of carbonyl (C=O) groups excluding carboxylic acids is 1. The normalized spacial score (nSPS) is 10.7. The van der Waals surface area contributed by atoms with Gasteiger partial charge < -0.3 is 11.1 Å². The van der Waals surface area contributed by atoms with E-state index >= 15 is 0 Å². The van der Waals surface area contributed by atoms with E-state index in [0.717, 1.165) is 49.7 Å². The zero-order valence-electron chi connectivity index (χ0n) is 12.5. The van der Waals surface area contributed by atoms with Crippen molar-refractivity contribution in [3.05, 3.63) is 48.0 Å². The monoisotopic (exact) mass is 284 g/mol. The minimum absolute atomic E-state index is 0.102. The van der Waals surface area contributed by atoms with Crippen molar-refractivity contribution in [1.82, 2.24) is 5.32 Å². The fourth-order valence-corrected chi connectivity index (χ4v) is 2.53. The molecule has 112 valence electrons. The van der Waals surface area contributed by atoms with Crippen LogP contribution < -0.4 is 11.1 Å². The molecule has 0 fully saturated rings. The highest BCUT2D eigenvalue weighted by molar-refractivity contribution is 5.90. The van der Waals surface area contributed by atoms with Gasteiger partial charge in [0, 0.05) is 6.54 Å². The van der Waals surface area contributed by atoms with Crippen molar-refractivity contribution in [3.8, 4) is 0 Å². The zero-order chi connectivity index (χ0) is 14.9. The Balaban J connectivity index is 1.82. The molecule has 0 aliphatic heterocycles. The van der Waals surface area contributed by atoms with E-state index in [0.29, 0.717) is 6.42 Å². The minimum atomic E-state index is 0.102. The molecule has 2 aromatic carbocycles. The summed E-state index contributed by atoms with van der Waals surface area (Å²) in [4.78, 5) is 12.0. The third-order valence-corrected chi connectivity index (χ3v) is 3.68. The predicted octanol–water partition coefficient (Wildman–Crippen LogP) is 3.02. The number of benzene rings is 2. The molecule has 0 aliphatic rings. The van der Waals surface area contributed by atoms with Gasteiger partial charge in [-0.3, -0.25) is 4.79 Å². The lowest BCUT2D eigenvalue weighted by Gasteiger charge is -2.08. The Hall–Kier alpha value is -1.87. The van der Waals surface area contributed by atoms with Crippen LogP contribution in [0.3, 0.4) is 0 Å². The summed E-state index contributed by atoms with van der Waals surface area (Å²) in [5.41, 5.74) is 6.54. The fraction of sp³-hybridized carbons (Fsp3) is 0.389. The first-order chi connectivity index (χ1) is 10.3. The van der Waals surface area contributed by atoms with Crippen molar-refractivity contribution < 1.29 is 4.79 Å². The molecule has 3 heteroatoms. The maximum atomic E-state index is 12.0. The predicted molar refractivity (Wildman–Crippen MR) is 88.2 cm³/mol. The van der Waals surface area contributed by atoms with Gasteiger partial charge in [-0.1, -0.05) is 55.3 Å². The van der Waals surface area contributed by atoms with Crippen molar-refractivity contribution in [3.63, 3.8) is 0 Å². The van der Waals surface area contributed by atoms with E-state index in [1.54, 1.807) is 0 Å². The summed E-state index contributed by atoms with van der Waals surface area (Å²) in [5, 5.41) is 5.35. The van der Waals surface area contributed by atoms with Gasteiger partial charge in [0.1, 0.15) is 0 Å². The van der Waals surface area contributed by atoms with Gasteiger partial charge in [-0.15, -0.1) is 0 Å². The second-order valence-electron chi connectivity index (χ2n) is 5.37. The first-order valence-electron chi connectivity index (χ1n) is 7.74. The standard InChI is InChI=1S/C18H24N2O/c19-12-5-1-2-6-13-20-18(21)14-16-10-7-9-15-8-3-4-11-17(15)16/h3-4,7-11H,1-2,5-6,12-14,19H2,(H,20,21). The lowest BCUT2D eigenvalue weighted by molar-refractivity contribution is -0.120. The van der Waals surface area contributed by atoms with Crippen LogP contribution in [0.15, 0.2) is 42.5 Å². The number of rotatable bonds is 8. The van der Waals surface area contributed by atoms with Crippen LogP contribution in [0.25, 0.3) is 10.8 Å². The Kier molecular flexibility index (Phi) is 6.22. The zero-order valence-corrected chi connectivity index (χ0v) is 12.5. The average molecular weight is 284 g/mol. The van der Waals surface area contributed by atoms with Gasteiger partial charge in [0.15, 0.2) is 0 Å². The highest BCUT2D eigenvalue weighted by atomic mass is 16.1. The van der Waals surface area contributed by atoms with Crippen LogP contribution >= 0.6 is 0 Å². The van der Waals surface area contributed by atoms with E-state index < -0.39 is 0 Å². The molecule has 0 atom stereocenters. The van der Waals surface area contributed by atoms with E-state index in [2.05, 4.69) is 23.5 Å². The molecule has 0 heterocycles. The van der Waals surface area contributed by atoms with Gasteiger partial charge in [-0.05, 0) is 35.7 Å². The number of carbonyl (C=O) groups is 1. The Labute approximate surface area is 126 Å². The number of hydrogen-bond acceptors (Lipinski definition) is 2. The quantitative estimate of drug-likeness (QED) is 0.732. The summed E-state index contributed by atoms with van der Waals surface area (Å²) in [5.74, 6) is 0.102. The van der Waals surface area contributed by atoms with Crippen molar-refractivity contribution in [2.45, 2.75) is 32.1 Å². The van der Waals surface area contributed by atoms with Gasteiger partial charge in [0.2, 0.25) is 5.91 Å². The van der Waals surface area contributed by atoms with Crippen molar-refractivity contribution >= 4 is 16.7 Å². The van der Waals surface area contributed by atoms with E-state index in [1.165, 1.54) is 5.39 Å². The SMILES string of the molecule is NCCCCCCNC(=O)Cc1cccc2ccccc12. The third kappa shape index (κ3) is 4.87. The molecular weight excluding hydrogens is 260 g/mol. The number of amides is 1. The molecule has 3 N–H and O–H groups in total. The summed E-state index contributed by atoms with van der Waals surface area (Å²) < 4.78 is 0. The molecular formula is C18H24N2O. The second-order valence-corrected chi connectivity index (χ2v) is 5.37. The van der Waals surface area contributed by atoms with Gasteiger partial charge >= 0.3 is 0 Å². The molecule has 0 radical (unpaired) electrons. The van der Waals surface area contributed by atoms with Crippen molar-refractivity contribution in [1.29, 1.82) is 0 Å². The molecule has 2 aromatic rings. The van der Waals surface area contributed by atoms with Crippen molar-refractivity contribution in [2.24, 2.45) is 5.73 Å². The lowest BCUT2D eigenvalue weighted by atomic mass is 10.0. The van der Waals surface area contributed by atoms with Crippen LogP contribution in [-0.4, -0.2) is 19.0 Å². The lowest BCUT2D eigenvalue weighted by Crippen LogP contribution is -2.26. The van der Waals surface area contributed by atoms with E-state index in [4.69, 9.17) is 5.73 Å². The maximum absolute atomic E-state index is 12.0. The molecule has 0 spiro atoms. The number of fused-ring (bicyclic) bond motifs is 1. The molecule has 21 heavy (non-hydrogen) atoms. The Bertz CT molecular complexity index is 575. The molecule has 1 amide bonds. The highest BCUT2D eigenvalue weighted by Gasteiger charge is 2.06. The van der Waals surface area contributed by atoms with Crippen LogP contribution in [0.1, 0.15) is 31.2 Å². The smallest absolute Gasteiger partial charge is 0.224 e. The molecule has 0 saturated heterocycles. The number of nitrogens with two attached hydrogens (primary N) is 1. The van der Waals surface area contributed by atoms with Crippen LogP contribution in [0.2, 0.25) is 0 Å². The van der Waals surface area contributed by atoms with Crippen LogP contribution in [0, 0.1) is 0 Å². The molecule has 0 saturated carbocycles. The summed E-state index contributed by atoms with van der Waals surface area (Å²) in [6.45, 7) is 1.52. The van der Waals surface area contributed by atoms with Crippen LogP contribution in [-0.2, 0) is 11.2 Å². The van der Waals surface area contributed by atoms with E-state index in [9.17, 15) is 4.79 Å². The van der Waals surface area contributed by atoms with Gasteiger partial charge in [0.05, 0.1) is 6.42 Å². The molecule has 0 aliphatic carbocycles. The van der Waals surface area contributed by atoms with Gasteiger partial charge in [0.25, 0.3) is 0 Å². The first kappa shape index (κ1) is 15.5. The summed E-state index contributed by atoms with van der Waals surface area (Å²) in [6.07, 6.45) is 4.83. The number of unbranched alkanes of at least 4 members (excludes halogenated alkanes) is 3. The maximum Gasteiger partial charge on any atom is 0.224 e. The molecule has 3 nitrogen and oxygen atoms in total. The molecule has 0 aromatic heterocycles. The van der Waals surface area contributed by atoms with Crippen LogP contribution in [0.4, 0.5) is 0 Å². The molecule has 2 rings (SSSR count). The van der Waals surface area contributed by atoms with Crippen LogP contribution in [0.5, 0.6) is 0 Å². The Morgan fingerprint density at radius 1 is 0.952 bits per heavy atom. The summed E-state index contributed by atoms with van der Waals surface area (Å²) in [6, 6.07) is 14.3. The molecule has 0 unspecified atom stereocenters. The third-order valence-electron chi connectivity index (χ3n) is 3.68. The minimum Gasteiger partial charge on any atom is -0.356 e. The number of nitrogens with one attached hydrogen (secondary N) is 1. The summed E-state index contributed by atoms with van der Waals surface area (Å²) >= 11 is 0. The highest BCUT2D eigenvalue weighted by Crippen LogP contribution is 2.18. The Morgan fingerprint density at radius 2 is 1.71 bits per heavy atom. The first-order valence-corrected chi connectivity index (χ1v) is 7.74. The molecule has 0 bridgehead atoms. The van der Waals surface area contributed by atoms with E-state index in [1.807, 2.05) is 24.3 Å². The fourth-order valence-electron chi connectivity index (χ4n) is 2.53. The van der Waals surface area contributed by atoms with Gasteiger partial charge in [-0.2, -0.15) is 0 Å². The van der Waals surface area contributed by atoms with Gasteiger partial charge in [-0.25, -0.2) is 0 Å². The second kappa shape index (κ2) is 8.42. The average Bonchev–Trinajstić information content (AvgIpc) is 2.51. The topological polar surface area (TPSA) is 55.1 Å². The van der Waals surface area contributed by atoms with Crippen molar-refractivity contribution in [2.75, 3.05) is 13.1 Å². The Morgan fingerprint density at radius 3 is 2.57 bits per heavy atom. The summed E-state index contributed by atoms with van der Waals surface area (Å²) in [7, 11) is 0. The number of hydrogen-bond donors (Lipinski definition) is 2. The van der Waals surface area contributed by atoms with E-state index in [-0.39, 0.29) is 5.91 Å². The largest absolute Gasteiger partial charge is 0.356 e.